The first-order chi connectivity index (χ1) is 12.0. The van der Waals surface area contributed by atoms with Gasteiger partial charge in [0.1, 0.15) is 0 Å². The van der Waals surface area contributed by atoms with Crippen molar-refractivity contribution in [2.24, 2.45) is 0 Å². The molecule has 0 N–H and O–H groups in total. The van der Waals surface area contributed by atoms with Crippen molar-refractivity contribution in [3.8, 4) is 0 Å². The molecule has 0 radical (unpaired) electrons. The Balaban J connectivity index is 1.73. The van der Waals surface area contributed by atoms with Crippen LogP contribution in [0.4, 0.5) is 11.4 Å². The molecule has 0 aromatic heterocycles. The summed E-state index contributed by atoms with van der Waals surface area (Å²) in [5.41, 5.74) is 5.26. The zero-order chi connectivity index (χ0) is 18.0. The summed E-state index contributed by atoms with van der Waals surface area (Å²) in [4.78, 5) is 28.4. The number of carbonyl (C=O) groups excluding carboxylic acids is 2. The van der Waals surface area contributed by atoms with Crippen molar-refractivity contribution in [2.45, 2.75) is 33.6 Å². The summed E-state index contributed by atoms with van der Waals surface area (Å²) < 4.78 is 0. The number of anilines is 2. The van der Waals surface area contributed by atoms with Crippen LogP contribution in [0.5, 0.6) is 0 Å². The van der Waals surface area contributed by atoms with Gasteiger partial charge in [0.05, 0.1) is 0 Å². The maximum Gasteiger partial charge on any atom is 0.228 e. The number of amides is 2. The normalized spacial score (nSPS) is 12.8. The highest BCUT2D eigenvalue weighted by Crippen LogP contribution is 2.28. The number of fused-ring (bicyclic) bond motifs is 1. The summed E-state index contributed by atoms with van der Waals surface area (Å²) in [7, 11) is 0. The predicted molar refractivity (Wildman–Crippen MR) is 101 cm³/mol. The second-order valence-corrected chi connectivity index (χ2v) is 6.63. The smallest absolute Gasteiger partial charge is 0.228 e. The number of nitrogens with zero attached hydrogens (tertiary/aromatic N) is 2. The first kappa shape index (κ1) is 17.2. The lowest BCUT2D eigenvalue weighted by Crippen LogP contribution is -2.36. The molecule has 0 aliphatic carbocycles. The van der Waals surface area contributed by atoms with Crippen LogP contribution in [0, 0.1) is 13.8 Å². The molecule has 0 atom stereocenters. The molecule has 1 aliphatic rings. The lowest BCUT2D eigenvalue weighted by molar-refractivity contribution is -0.118. The average Bonchev–Trinajstić information content (AvgIpc) is 3.01. The van der Waals surface area contributed by atoms with Gasteiger partial charge in [0, 0.05) is 37.8 Å². The number of benzene rings is 2. The van der Waals surface area contributed by atoms with Crippen molar-refractivity contribution in [1.29, 1.82) is 0 Å². The van der Waals surface area contributed by atoms with E-state index >= 15 is 0 Å². The van der Waals surface area contributed by atoms with Gasteiger partial charge in [-0.25, -0.2) is 0 Å². The number of hydrogen-bond donors (Lipinski definition) is 0. The molecule has 1 heterocycles. The van der Waals surface area contributed by atoms with E-state index < -0.39 is 0 Å². The highest BCUT2D eigenvalue weighted by molar-refractivity contribution is 5.97. The van der Waals surface area contributed by atoms with Crippen molar-refractivity contribution in [2.75, 3.05) is 22.9 Å². The third-order valence-corrected chi connectivity index (χ3v) is 4.77. The zero-order valence-corrected chi connectivity index (χ0v) is 15.1. The summed E-state index contributed by atoms with van der Waals surface area (Å²) in [5, 5.41) is 0. The molecule has 0 bridgehead atoms. The van der Waals surface area contributed by atoms with Crippen LogP contribution in [0.3, 0.4) is 0 Å². The maximum atomic E-state index is 12.7. The summed E-state index contributed by atoms with van der Waals surface area (Å²) in [6.07, 6.45) is 1.22. The molecule has 3 rings (SSSR count). The number of aryl methyl sites for hydroxylation is 2. The van der Waals surface area contributed by atoms with Gasteiger partial charge >= 0.3 is 0 Å². The van der Waals surface area contributed by atoms with E-state index in [1.165, 1.54) is 5.56 Å². The molecule has 0 unspecified atom stereocenters. The molecular formula is C21H24N2O2. The lowest BCUT2D eigenvalue weighted by atomic mass is 10.1. The topological polar surface area (TPSA) is 40.6 Å². The first-order valence-electron chi connectivity index (χ1n) is 8.71. The minimum absolute atomic E-state index is 0.0386. The molecule has 4 heteroatoms. The Bertz CT molecular complexity index is 813. The van der Waals surface area contributed by atoms with Crippen LogP contribution in [-0.2, 0) is 16.0 Å². The van der Waals surface area contributed by atoms with Gasteiger partial charge < -0.3 is 9.80 Å². The molecule has 2 aromatic carbocycles. The van der Waals surface area contributed by atoms with Gasteiger partial charge in [-0.3, -0.25) is 9.59 Å². The molecule has 1 aliphatic heterocycles. The number of carbonyl (C=O) groups is 2. The second-order valence-electron chi connectivity index (χ2n) is 6.63. The first-order valence-corrected chi connectivity index (χ1v) is 8.71. The monoisotopic (exact) mass is 336 g/mol. The van der Waals surface area contributed by atoms with Crippen LogP contribution in [0.25, 0.3) is 0 Å². The molecule has 130 valence electrons. The number of hydrogen-bond acceptors (Lipinski definition) is 2. The third kappa shape index (κ3) is 3.58. The summed E-state index contributed by atoms with van der Waals surface area (Å²) in [6, 6.07) is 14.1. The lowest BCUT2D eigenvalue weighted by Gasteiger charge is -2.25. The molecule has 0 spiro atoms. The Labute approximate surface area is 149 Å². The van der Waals surface area contributed by atoms with Gasteiger partial charge in [0.25, 0.3) is 0 Å². The van der Waals surface area contributed by atoms with Gasteiger partial charge in [0.2, 0.25) is 11.8 Å². The fraction of sp³-hybridized carbons (Fsp3) is 0.333. The second kappa shape index (κ2) is 7.09. The fourth-order valence-electron chi connectivity index (χ4n) is 3.40. The number of rotatable bonds is 4. The average molecular weight is 336 g/mol. The highest BCUT2D eigenvalue weighted by Gasteiger charge is 2.25. The minimum atomic E-state index is -0.0386. The van der Waals surface area contributed by atoms with Gasteiger partial charge in [-0.1, -0.05) is 30.3 Å². The summed E-state index contributed by atoms with van der Waals surface area (Å²) in [5.74, 6) is 0.0322. The van der Waals surface area contributed by atoms with Crippen molar-refractivity contribution in [1.82, 2.24) is 0 Å². The summed E-state index contributed by atoms with van der Waals surface area (Å²) in [6.45, 7) is 6.67. The quantitative estimate of drug-likeness (QED) is 0.855. The minimum Gasteiger partial charge on any atom is -0.312 e. The van der Waals surface area contributed by atoms with Gasteiger partial charge in [0.15, 0.2) is 0 Å². The molecule has 0 saturated carbocycles. The Morgan fingerprint density at radius 1 is 1.12 bits per heavy atom. The summed E-state index contributed by atoms with van der Waals surface area (Å²) >= 11 is 0. The van der Waals surface area contributed by atoms with Crippen LogP contribution in [0.2, 0.25) is 0 Å². The standard InChI is InChI=1S/C21H24N2O2/c1-15-8-9-16(2)20(14-15)22(17(3)24)13-11-21(25)23-12-10-18-6-4-5-7-19(18)23/h4-9,14H,10-13H2,1-3H3. The van der Waals surface area contributed by atoms with E-state index in [0.717, 1.165) is 35.5 Å². The Morgan fingerprint density at radius 3 is 2.64 bits per heavy atom. The molecule has 2 aromatic rings. The van der Waals surface area contributed by atoms with Crippen LogP contribution in [0.1, 0.15) is 30.0 Å². The van der Waals surface area contributed by atoms with Crippen molar-refractivity contribution >= 4 is 23.2 Å². The zero-order valence-electron chi connectivity index (χ0n) is 15.1. The van der Waals surface area contributed by atoms with Crippen LogP contribution < -0.4 is 9.80 Å². The Hall–Kier alpha value is -2.62. The van der Waals surface area contributed by atoms with E-state index in [-0.39, 0.29) is 11.8 Å². The van der Waals surface area contributed by atoms with Gasteiger partial charge in [-0.2, -0.15) is 0 Å². The van der Waals surface area contributed by atoms with Gasteiger partial charge in [-0.05, 0) is 49.1 Å². The van der Waals surface area contributed by atoms with E-state index in [4.69, 9.17) is 0 Å². The molecule has 0 saturated heterocycles. The molecule has 0 fully saturated rings. The van der Waals surface area contributed by atoms with Crippen molar-refractivity contribution < 1.29 is 9.59 Å². The molecule has 4 nitrogen and oxygen atoms in total. The van der Waals surface area contributed by atoms with E-state index in [1.54, 1.807) is 11.8 Å². The van der Waals surface area contributed by atoms with E-state index in [9.17, 15) is 9.59 Å². The van der Waals surface area contributed by atoms with Crippen LogP contribution >= 0.6 is 0 Å². The maximum absolute atomic E-state index is 12.7. The largest absolute Gasteiger partial charge is 0.312 e. The fourth-order valence-corrected chi connectivity index (χ4v) is 3.40. The molecule has 25 heavy (non-hydrogen) atoms. The SMILES string of the molecule is CC(=O)N(CCC(=O)N1CCc2ccccc21)c1cc(C)ccc1C. The van der Waals surface area contributed by atoms with E-state index in [2.05, 4.69) is 6.07 Å². The Kier molecular flexibility index (Phi) is 4.88. The van der Waals surface area contributed by atoms with Crippen molar-refractivity contribution in [3.63, 3.8) is 0 Å². The number of para-hydroxylation sites is 1. The van der Waals surface area contributed by atoms with Crippen molar-refractivity contribution in [3.05, 3.63) is 59.2 Å². The van der Waals surface area contributed by atoms with Crippen LogP contribution in [0.15, 0.2) is 42.5 Å². The Morgan fingerprint density at radius 2 is 1.88 bits per heavy atom. The molecule has 2 amide bonds. The highest BCUT2D eigenvalue weighted by atomic mass is 16.2. The third-order valence-electron chi connectivity index (χ3n) is 4.77. The predicted octanol–water partition coefficient (Wildman–Crippen LogP) is 3.64. The van der Waals surface area contributed by atoms with E-state index in [1.807, 2.05) is 55.1 Å². The van der Waals surface area contributed by atoms with Gasteiger partial charge in [-0.15, -0.1) is 0 Å². The molecular weight excluding hydrogens is 312 g/mol. The van der Waals surface area contributed by atoms with Crippen LogP contribution in [-0.4, -0.2) is 24.9 Å². The van der Waals surface area contributed by atoms with E-state index in [0.29, 0.717) is 13.0 Å².